The highest BCUT2D eigenvalue weighted by Crippen LogP contribution is 2.32. The van der Waals surface area contributed by atoms with E-state index in [4.69, 9.17) is 0 Å². The lowest BCUT2D eigenvalue weighted by molar-refractivity contribution is -0.141. The third kappa shape index (κ3) is 3.35. The molecule has 7 heteroatoms. The number of aromatic nitrogens is 2. The molecule has 0 bridgehead atoms. The molecule has 0 N–H and O–H groups in total. The van der Waals surface area contributed by atoms with E-state index in [9.17, 15) is 18.0 Å². The molecule has 0 saturated heterocycles. The molecule has 2 aromatic heterocycles. The van der Waals surface area contributed by atoms with Gasteiger partial charge in [-0.05, 0) is 24.1 Å². The summed E-state index contributed by atoms with van der Waals surface area (Å²) >= 11 is 0. The fourth-order valence-electron chi connectivity index (χ4n) is 2.66. The topological polar surface area (TPSA) is 37.6 Å². The molecule has 130 valence electrons. The van der Waals surface area contributed by atoms with Crippen LogP contribution in [0.4, 0.5) is 13.2 Å². The average molecular weight is 347 g/mol. The van der Waals surface area contributed by atoms with Crippen LogP contribution in [0.5, 0.6) is 0 Å². The second-order valence-electron chi connectivity index (χ2n) is 5.89. The summed E-state index contributed by atoms with van der Waals surface area (Å²) in [5.74, 6) is -0.728. The number of fused-ring (bicyclic) bond motifs is 1. The van der Waals surface area contributed by atoms with Crippen molar-refractivity contribution >= 4 is 11.6 Å². The maximum Gasteiger partial charge on any atom is 0.435 e. The summed E-state index contributed by atoms with van der Waals surface area (Å²) in [5.41, 5.74) is 0.0253. The number of hydrogen-bond donors (Lipinski definition) is 0. The molecule has 4 nitrogen and oxygen atoms in total. The van der Waals surface area contributed by atoms with E-state index >= 15 is 0 Å². The molecule has 1 aromatic carbocycles. The zero-order chi connectivity index (χ0) is 18.2. The molecule has 3 aromatic rings. The Balaban J connectivity index is 2.06. The van der Waals surface area contributed by atoms with Gasteiger partial charge < -0.3 is 4.90 Å². The molecular weight excluding hydrogens is 331 g/mol. The summed E-state index contributed by atoms with van der Waals surface area (Å²) in [4.78, 5) is 17.7. The van der Waals surface area contributed by atoms with Crippen molar-refractivity contribution < 1.29 is 18.0 Å². The van der Waals surface area contributed by atoms with Gasteiger partial charge in [-0.25, -0.2) is 4.98 Å². The fraction of sp³-hybridized carbons (Fsp3) is 0.222. The molecule has 0 aliphatic heterocycles. The van der Waals surface area contributed by atoms with Gasteiger partial charge in [0.25, 0.3) is 5.91 Å². The third-order valence-electron chi connectivity index (χ3n) is 3.85. The Morgan fingerprint density at radius 2 is 1.84 bits per heavy atom. The van der Waals surface area contributed by atoms with E-state index in [1.807, 2.05) is 30.3 Å². The van der Waals surface area contributed by atoms with Crippen molar-refractivity contribution in [1.29, 1.82) is 0 Å². The van der Waals surface area contributed by atoms with Crippen LogP contribution in [0.15, 0.2) is 48.7 Å². The lowest BCUT2D eigenvalue weighted by Gasteiger charge is -2.18. The van der Waals surface area contributed by atoms with E-state index < -0.39 is 23.5 Å². The summed E-state index contributed by atoms with van der Waals surface area (Å²) < 4.78 is 41.4. The molecule has 1 amide bonds. The zero-order valence-electron chi connectivity index (χ0n) is 13.7. The third-order valence-corrected chi connectivity index (χ3v) is 3.85. The van der Waals surface area contributed by atoms with Crippen molar-refractivity contribution in [2.75, 3.05) is 7.05 Å². The van der Waals surface area contributed by atoms with E-state index in [1.165, 1.54) is 28.6 Å². The smallest absolute Gasteiger partial charge is 0.336 e. The van der Waals surface area contributed by atoms with Crippen LogP contribution in [0.2, 0.25) is 0 Å². The van der Waals surface area contributed by atoms with Crippen molar-refractivity contribution in [1.82, 2.24) is 14.3 Å². The quantitative estimate of drug-likeness (QED) is 0.720. The maximum absolute atomic E-state index is 13.4. The average Bonchev–Trinajstić information content (AvgIpc) is 2.93. The van der Waals surface area contributed by atoms with Gasteiger partial charge in [0.2, 0.25) is 0 Å². The summed E-state index contributed by atoms with van der Waals surface area (Å²) in [6.07, 6.45) is -3.22. The highest BCUT2D eigenvalue weighted by Gasteiger charge is 2.40. The van der Waals surface area contributed by atoms with E-state index in [1.54, 1.807) is 13.0 Å². The number of carbonyl (C=O) groups excluding carboxylic acids is 1. The number of carbonyl (C=O) groups is 1. The predicted molar refractivity (Wildman–Crippen MR) is 87.2 cm³/mol. The second-order valence-corrected chi connectivity index (χ2v) is 5.89. The molecule has 2 heterocycles. The molecule has 0 aliphatic rings. The summed E-state index contributed by atoms with van der Waals surface area (Å²) in [5, 5.41) is 0. The Morgan fingerprint density at radius 1 is 1.16 bits per heavy atom. The van der Waals surface area contributed by atoms with Crippen LogP contribution in [0.3, 0.4) is 0 Å². The zero-order valence-corrected chi connectivity index (χ0v) is 13.7. The molecule has 3 rings (SSSR count). The number of halogens is 3. The molecule has 0 unspecified atom stereocenters. The van der Waals surface area contributed by atoms with Crippen molar-refractivity contribution in [3.05, 3.63) is 71.2 Å². The van der Waals surface area contributed by atoms with Gasteiger partial charge in [-0.1, -0.05) is 36.4 Å². The van der Waals surface area contributed by atoms with E-state index in [0.717, 1.165) is 11.1 Å². The molecule has 0 atom stereocenters. The van der Waals surface area contributed by atoms with Crippen LogP contribution in [0.1, 0.15) is 27.3 Å². The first kappa shape index (κ1) is 17.0. The molecule has 0 saturated carbocycles. The first-order valence-corrected chi connectivity index (χ1v) is 7.62. The van der Waals surface area contributed by atoms with E-state index in [0.29, 0.717) is 0 Å². The Bertz CT molecular complexity index is 916. The fourth-order valence-corrected chi connectivity index (χ4v) is 2.66. The van der Waals surface area contributed by atoms with Gasteiger partial charge in [-0.2, -0.15) is 13.2 Å². The molecule has 0 radical (unpaired) electrons. The van der Waals surface area contributed by atoms with E-state index in [-0.39, 0.29) is 12.2 Å². The van der Waals surface area contributed by atoms with Crippen molar-refractivity contribution in [3.63, 3.8) is 0 Å². The minimum atomic E-state index is -4.71. The lowest BCUT2D eigenvalue weighted by atomic mass is 10.2. The number of aryl methyl sites for hydroxylation is 1. The predicted octanol–water partition coefficient (Wildman–Crippen LogP) is 3.93. The van der Waals surface area contributed by atoms with Crippen LogP contribution in [-0.2, 0) is 12.7 Å². The van der Waals surface area contributed by atoms with Gasteiger partial charge in [0.1, 0.15) is 11.3 Å². The number of imidazole rings is 1. The number of amides is 1. The van der Waals surface area contributed by atoms with Gasteiger partial charge in [0, 0.05) is 19.8 Å². The number of nitrogens with zero attached hydrogens (tertiary/aromatic N) is 3. The highest BCUT2D eigenvalue weighted by atomic mass is 19.4. The normalized spacial score (nSPS) is 11.7. The Hall–Kier alpha value is -2.83. The molecular formula is C18H16F3N3O. The van der Waals surface area contributed by atoms with Gasteiger partial charge in [-0.3, -0.25) is 9.20 Å². The molecule has 0 aliphatic carbocycles. The van der Waals surface area contributed by atoms with Gasteiger partial charge in [0.15, 0.2) is 5.69 Å². The van der Waals surface area contributed by atoms with Crippen molar-refractivity contribution in [2.45, 2.75) is 19.6 Å². The molecule has 0 fully saturated rings. The molecule has 0 spiro atoms. The number of alkyl halides is 3. The molecule has 25 heavy (non-hydrogen) atoms. The minimum Gasteiger partial charge on any atom is -0.336 e. The van der Waals surface area contributed by atoms with Crippen LogP contribution in [0.25, 0.3) is 5.65 Å². The summed E-state index contributed by atoms with van der Waals surface area (Å²) in [7, 11) is 1.48. The van der Waals surface area contributed by atoms with Crippen molar-refractivity contribution in [2.24, 2.45) is 0 Å². The maximum atomic E-state index is 13.4. The Morgan fingerprint density at radius 3 is 2.48 bits per heavy atom. The first-order valence-electron chi connectivity index (χ1n) is 7.62. The SMILES string of the molecule is Cc1ccc2nc(C(F)(F)F)c(C(=O)N(C)Cc3ccccc3)n2c1. The number of pyridine rings is 1. The van der Waals surface area contributed by atoms with Crippen LogP contribution in [-0.4, -0.2) is 27.2 Å². The number of benzene rings is 1. The lowest BCUT2D eigenvalue weighted by Crippen LogP contribution is -2.29. The Kier molecular flexibility index (Phi) is 4.24. The van der Waals surface area contributed by atoms with Crippen molar-refractivity contribution in [3.8, 4) is 0 Å². The monoisotopic (exact) mass is 347 g/mol. The van der Waals surface area contributed by atoms with E-state index in [2.05, 4.69) is 4.98 Å². The standard InChI is InChI=1S/C18H16F3N3O/c1-12-8-9-14-22-16(18(19,20)21)15(24(14)10-12)17(25)23(2)11-13-6-4-3-5-7-13/h3-10H,11H2,1-2H3. The van der Waals surface area contributed by atoms with Gasteiger partial charge >= 0.3 is 6.18 Å². The highest BCUT2D eigenvalue weighted by molar-refractivity contribution is 5.94. The summed E-state index contributed by atoms with van der Waals surface area (Å²) in [6.45, 7) is 1.95. The van der Waals surface area contributed by atoms with Crippen LogP contribution in [0, 0.1) is 6.92 Å². The Labute approximate surface area is 142 Å². The number of rotatable bonds is 3. The summed E-state index contributed by atoms with van der Waals surface area (Å²) in [6, 6.07) is 12.2. The van der Waals surface area contributed by atoms with Crippen LogP contribution >= 0.6 is 0 Å². The van der Waals surface area contributed by atoms with Gasteiger partial charge in [0.05, 0.1) is 0 Å². The second kappa shape index (κ2) is 6.23. The van der Waals surface area contributed by atoms with Crippen LogP contribution < -0.4 is 0 Å². The number of hydrogen-bond acceptors (Lipinski definition) is 2. The first-order chi connectivity index (χ1) is 11.8. The minimum absolute atomic E-state index is 0.0920. The van der Waals surface area contributed by atoms with Gasteiger partial charge in [-0.15, -0.1) is 0 Å². The largest absolute Gasteiger partial charge is 0.435 e.